The minimum Gasteiger partial charge on any atom is -0.467 e. The van der Waals surface area contributed by atoms with Crippen molar-refractivity contribution in [2.24, 2.45) is 0 Å². The van der Waals surface area contributed by atoms with Gasteiger partial charge in [0, 0.05) is 29.1 Å². The molecule has 3 nitrogen and oxygen atoms in total. The number of carbonyl (C=O) groups is 1. The Bertz CT molecular complexity index is 704. The van der Waals surface area contributed by atoms with E-state index in [-0.39, 0.29) is 6.79 Å². The lowest BCUT2D eigenvalue weighted by molar-refractivity contribution is 0.0502. The van der Waals surface area contributed by atoms with Crippen LogP contribution < -0.4 is 4.74 Å². The van der Waals surface area contributed by atoms with E-state index in [9.17, 15) is 4.79 Å². The van der Waals surface area contributed by atoms with Gasteiger partial charge in [-0.25, -0.2) is 0 Å². The second-order valence-corrected chi connectivity index (χ2v) is 6.65. The van der Waals surface area contributed by atoms with Crippen LogP contribution in [0.1, 0.15) is 46.8 Å². The van der Waals surface area contributed by atoms with E-state index < -0.39 is 0 Å². The van der Waals surface area contributed by atoms with Crippen LogP contribution in [0.3, 0.4) is 0 Å². The average Bonchev–Trinajstić information content (AvgIpc) is 2.56. The Morgan fingerprint density at radius 2 is 1.79 bits per heavy atom. The number of carbonyl (C=O) groups excluding carboxylic acids is 1. The van der Waals surface area contributed by atoms with Crippen LogP contribution in [0.4, 0.5) is 0 Å². The summed E-state index contributed by atoms with van der Waals surface area (Å²) >= 11 is 12.6. The monoisotopic (exact) mass is 366 g/mol. The SMILES string of the molecule is COCOc1ccc(Cc2c(Cl)cc(C=O)cc2Cl)cc1C(C)C. The summed E-state index contributed by atoms with van der Waals surface area (Å²) in [6.45, 7) is 4.43. The molecule has 0 heterocycles. The summed E-state index contributed by atoms with van der Waals surface area (Å²) in [5.74, 6) is 1.12. The summed E-state index contributed by atoms with van der Waals surface area (Å²) in [5.41, 5.74) is 3.46. The Hall–Kier alpha value is -1.55. The number of aldehydes is 1. The van der Waals surface area contributed by atoms with Gasteiger partial charge in [0.15, 0.2) is 6.79 Å². The number of hydrogen-bond acceptors (Lipinski definition) is 3. The van der Waals surface area contributed by atoms with E-state index >= 15 is 0 Å². The van der Waals surface area contributed by atoms with Crippen molar-refractivity contribution < 1.29 is 14.3 Å². The molecule has 0 fully saturated rings. The first kappa shape index (κ1) is 18.8. The minimum absolute atomic E-state index is 0.212. The lowest BCUT2D eigenvalue weighted by atomic mass is 9.96. The molecule has 0 bridgehead atoms. The molecule has 0 radical (unpaired) electrons. The third-order valence-corrected chi connectivity index (χ3v) is 4.38. The highest BCUT2D eigenvalue weighted by atomic mass is 35.5. The van der Waals surface area contributed by atoms with Gasteiger partial charge < -0.3 is 9.47 Å². The van der Waals surface area contributed by atoms with Gasteiger partial charge in [0.05, 0.1) is 0 Å². The first-order valence-electron chi connectivity index (χ1n) is 7.64. The molecule has 0 unspecified atom stereocenters. The molecule has 5 heteroatoms. The molecule has 0 N–H and O–H groups in total. The van der Waals surface area contributed by atoms with E-state index in [1.807, 2.05) is 12.1 Å². The number of halogens is 2. The van der Waals surface area contributed by atoms with Gasteiger partial charge >= 0.3 is 0 Å². The van der Waals surface area contributed by atoms with E-state index in [0.717, 1.165) is 28.7 Å². The number of rotatable bonds is 7. The van der Waals surface area contributed by atoms with E-state index in [1.165, 1.54) is 0 Å². The minimum atomic E-state index is 0.212. The van der Waals surface area contributed by atoms with Crippen LogP contribution in [0, 0.1) is 0 Å². The van der Waals surface area contributed by atoms with Gasteiger partial charge in [-0.05, 0) is 40.8 Å². The molecule has 0 aromatic heterocycles. The second kappa shape index (κ2) is 8.52. The van der Waals surface area contributed by atoms with Gasteiger partial charge in [-0.1, -0.05) is 49.2 Å². The fraction of sp³-hybridized carbons (Fsp3) is 0.316. The van der Waals surface area contributed by atoms with Gasteiger partial charge in [-0.3, -0.25) is 4.79 Å². The van der Waals surface area contributed by atoms with Crippen LogP contribution in [-0.2, 0) is 11.2 Å². The standard InChI is InChI=1S/C19H20Cl2O3/c1-12(2)15-6-13(4-5-19(15)24-11-23-3)7-16-17(20)8-14(10-22)9-18(16)21/h4-6,8-10,12H,7,11H2,1-3H3. The van der Waals surface area contributed by atoms with Crippen molar-refractivity contribution in [2.75, 3.05) is 13.9 Å². The Balaban J connectivity index is 2.33. The normalized spacial score (nSPS) is 10.9. The molecule has 0 aliphatic rings. The van der Waals surface area contributed by atoms with E-state index in [0.29, 0.717) is 27.9 Å². The lowest BCUT2D eigenvalue weighted by Gasteiger charge is -2.16. The molecule has 0 saturated carbocycles. The van der Waals surface area contributed by atoms with Crippen molar-refractivity contribution in [2.45, 2.75) is 26.2 Å². The lowest BCUT2D eigenvalue weighted by Crippen LogP contribution is -2.04. The third kappa shape index (κ3) is 4.50. The van der Waals surface area contributed by atoms with E-state index in [2.05, 4.69) is 19.9 Å². The summed E-state index contributed by atoms with van der Waals surface area (Å²) in [6, 6.07) is 9.28. The molecular formula is C19H20Cl2O3. The van der Waals surface area contributed by atoms with Crippen molar-refractivity contribution >= 4 is 29.5 Å². The van der Waals surface area contributed by atoms with Crippen molar-refractivity contribution in [1.29, 1.82) is 0 Å². The smallest absolute Gasteiger partial charge is 0.188 e. The van der Waals surface area contributed by atoms with Gasteiger partial charge in [0.1, 0.15) is 12.0 Å². The van der Waals surface area contributed by atoms with Crippen LogP contribution in [-0.4, -0.2) is 20.2 Å². The molecule has 128 valence electrons. The Morgan fingerprint density at radius 1 is 1.12 bits per heavy atom. The summed E-state index contributed by atoms with van der Waals surface area (Å²) in [5, 5.41) is 0.991. The van der Waals surface area contributed by atoms with E-state index in [1.54, 1.807) is 19.2 Å². The maximum atomic E-state index is 10.9. The zero-order valence-corrected chi connectivity index (χ0v) is 15.4. The first-order chi connectivity index (χ1) is 11.5. The highest BCUT2D eigenvalue weighted by Gasteiger charge is 2.13. The fourth-order valence-corrected chi connectivity index (χ4v) is 3.11. The fourth-order valence-electron chi connectivity index (χ4n) is 2.48. The number of hydrogen-bond donors (Lipinski definition) is 0. The van der Waals surface area contributed by atoms with Crippen LogP contribution in [0.15, 0.2) is 30.3 Å². The molecule has 0 aliphatic heterocycles. The van der Waals surface area contributed by atoms with Crippen molar-refractivity contribution in [3.8, 4) is 5.75 Å². The van der Waals surface area contributed by atoms with Crippen LogP contribution in [0.25, 0.3) is 0 Å². The van der Waals surface area contributed by atoms with Crippen molar-refractivity contribution in [3.05, 3.63) is 62.6 Å². The Morgan fingerprint density at radius 3 is 2.33 bits per heavy atom. The highest BCUT2D eigenvalue weighted by Crippen LogP contribution is 2.32. The molecule has 0 saturated heterocycles. The predicted molar refractivity (Wildman–Crippen MR) is 97.7 cm³/mol. The first-order valence-corrected chi connectivity index (χ1v) is 8.39. The van der Waals surface area contributed by atoms with Crippen LogP contribution >= 0.6 is 23.2 Å². The predicted octanol–water partition coefficient (Wildman–Crippen LogP) is 5.50. The molecular weight excluding hydrogens is 347 g/mol. The van der Waals surface area contributed by atoms with Crippen LogP contribution in [0.5, 0.6) is 5.75 Å². The summed E-state index contributed by atoms with van der Waals surface area (Å²) in [4.78, 5) is 10.9. The molecule has 0 amide bonds. The van der Waals surface area contributed by atoms with E-state index in [4.69, 9.17) is 32.7 Å². The second-order valence-electron chi connectivity index (χ2n) is 5.84. The number of ether oxygens (including phenoxy) is 2. The molecule has 2 aromatic rings. The van der Waals surface area contributed by atoms with Crippen molar-refractivity contribution in [3.63, 3.8) is 0 Å². The summed E-state index contributed by atoms with van der Waals surface area (Å²) in [6.07, 6.45) is 1.32. The van der Waals surface area contributed by atoms with Gasteiger partial charge in [0.25, 0.3) is 0 Å². The average molecular weight is 367 g/mol. The molecule has 0 aliphatic carbocycles. The zero-order chi connectivity index (χ0) is 17.7. The van der Waals surface area contributed by atoms with Crippen LogP contribution in [0.2, 0.25) is 10.0 Å². The highest BCUT2D eigenvalue weighted by molar-refractivity contribution is 6.36. The van der Waals surface area contributed by atoms with Gasteiger partial charge in [-0.15, -0.1) is 0 Å². The third-order valence-electron chi connectivity index (χ3n) is 3.71. The molecule has 0 atom stereocenters. The molecule has 2 rings (SSSR count). The largest absolute Gasteiger partial charge is 0.467 e. The summed E-state index contributed by atoms with van der Waals surface area (Å²) < 4.78 is 10.6. The zero-order valence-electron chi connectivity index (χ0n) is 13.9. The van der Waals surface area contributed by atoms with Gasteiger partial charge in [-0.2, -0.15) is 0 Å². The number of benzene rings is 2. The topological polar surface area (TPSA) is 35.5 Å². The molecule has 0 spiro atoms. The summed E-state index contributed by atoms with van der Waals surface area (Å²) in [7, 11) is 1.59. The Kier molecular flexibility index (Phi) is 6.67. The maximum Gasteiger partial charge on any atom is 0.188 e. The molecule has 24 heavy (non-hydrogen) atoms. The Labute approximate surface area is 152 Å². The van der Waals surface area contributed by atoms with Gasteiger partial charge in [0.2, 0.25) is 0 Å². The maximum absolute atomic E-state index is 10.9. The number of methoxy groups -OCH3 is 1. The molecule has 2 aromatic carbocycles. The van der Waals surface area contributed by atoms with Crippen molar-refractivity contribution in [1.82, 2.24) is 0 Å². The quantitative estimate of drug-likeness (QED) is 0.479.